The van der Waals surface area contributed by atoms with Gasteiger partial charge in [0.1, 0.15) is 5.75 Å². The van der Waals surface area contributed by atoms with Crippen LogP contribution in [0, 0.1) is 5.92 Å². The number of thioether (sulfide) groups is 1. The van der Waals surface area contributed by atoms with Gasteiger partial charge in [-0.1, -0.05) is 20.8 Å². The van der Waals surface area contributed by atoms with Crippen LogP contribution in [0.3, 0.4) is 0 Å². The second-order valence-corrected chi connectivity index (χ2v) is 6.63. The highest BCUT2D eigenvalue weighted by molar-refractivity contribution is 7.99. The van der Waals surface area contributed by atoms with E-state index in [4.69, 9.17) is 14.2 Å². The quantitative estimate of drug-likeness (QED) is 0.777. The number of aromatic hydroxyl groups is 1. The Hall–Kier alpha value is -1.23. The first-order chi connectivity index (χ1) is 9.99. The largest absolute Gasteiger partial charge is 0.507 e. The second-order valence-electron chi connectivity index (χ2n) is 5.15. The summed E-state index contributed by atoms with van der Waals surface area (Å²) >= 11 is 1.80. The summed E-state index contributed by atoms with van der Waals surface area (Å²) < 4.78 is 16.2. The molecule has 0 aliphatic carbocycles. The van der Waals surface area contributed by atoms with E-state index in [-0.39, 0.29) is 11.0 Å². The van der Waals surface area contributed by atoms with Crippen LogP contribution in [0.25, 0.3) is 0 Å². The molecule has 0 spiro atoms. The van der Waals surface area contributed by atoms with Gasteiger partial charge in [-0.3, -0.25) is 0 Å². The zero-order valence-corrected chi connectivity index (χ0v) is 14.5. The lowest BCUT2D eigenvalue weighted by molar-refractivity contribution is 0.316. The summed E-state index contributed by atoms with van der Waals surface area (Å²) in [5.74, 6) is 3.23. The Morgan fingerprint density at radius 2 is 1.71 bits per heavy atom. The zero-order valence-electron chi connectivity index (χ0n) is 13.7. The van der Waals surface area contributed by atoms with Gasteiger partial charge in [-0.15, -0.1) is 0 Å². The zero-order chi connectivity index (χ0) is 16.0. The van der Waals surface area contributed by atoms with Crippen LogP contribution in [-0.2, 0) is 0 Å². The Bertz CT molecular complexity index is 460. The molecule has 0 fully saturated rings. The van der Waals surface area contributed by atoms with Crippen molar-refractivity contribution in [1.29, 1.82) is 0 Å². The number of methoxy groups -OCH3 is 3. The van der Waals surface area contributed by atoms with E-state index in [0.717, 1.165) is 17.7 Å². The molecule has 5 heteroatoms. The van der Waals surface area contributed by atoms with Gasteiger partial charge >= 0.3 is 0 Å². The van der Waals surface area contributed by atoms with Crippen LogP contribution in [0.2, 0.25) is 0 Å². The van der Waals surface area contributed by atoms with Crippen LogP contribution in [0.4, 0.5) is 0 Å². The number of phenolic OH excluding ortho intramolecular Hbond substituents is 1. The van der Waals surface area contributed by atoms with Crippen LogP contribution < -0.4 is 14.2 Å². The van der Waals surface area contributed by atoms with Crippen molar-refractivity contribution < 1.29 is 19.3 Å². The average molecular weight is 314 g/mol. The van der Waals surface area contributed by atoms with Crippen molar-refractivity contribution in [2.45, 2.75) is 32.4 Å². The van der Waals surface area contributed by atoms with E-state index in [9.17, 15) is 5.11 Å². The SMILES string of the molecule is CCSC(CC(C)C)c1c(O)cc(OC)c(OC)c1OC. The van der Waals surface area contributed by atoms with Crippen LogP contribution in [0.15, 0.2) is 6.07 Å². The summed E-state index contributed by atoms with van der Waals surface area (Å²) in [6.45, 7) is 6.46. The van der Waals surface area contributed by atoms with Gasteiger partial charge in [0.05, 0.1) is 26.9 Å². The van der Waals surface area contributed by atoms with Crippen molar-refractivity contribution in [2.24, 2.45) is 5.92 Å². The molecule has 0 aliphatic rings. The Kier molecular flexibility index (Phi) is 7.02. The van der Waals surface area contributed by atoms with Gasteiger partial charge < -0.3 is 19.3 Å². The summed E-state index contributed by atoms with van der Waals surface area (Å²) in [6, 6.07) is 1.60. The molecule has 0 amide bonds. The predicted molar refractivity (Wildman–Crippen MR) is 88.1 cm³/mol. The lowest BCUT2D eigenvalue weighted by Crippen LogP contribution is -2.05. The number of ether oxygens (including phenoxy) is 3. The van der Waals surface area contributed by atoms with E-state index >= 15 is 0 Å². The molecule has 120 valence electrons. The summed E-state index contributed by atoms with van der Waals surface area (Å²) in [5.41, 5.74) is 0.788. The number of benzene rings is 1. The van der Waals surface area contributed by atoms with Crippen molar-refractivity contribution in [3.05, 3.63) is 11.6 Å². The molecular formula is C16H26O4S. The van der Waals surface area contributed by atoms with Gasteiger partial charge in [0.2, 0.25) is 5.75 Å². The molecule has 4 nitrogen and oxygen atoms in total. The summed E-state index contributed by atoms with van der Waals surface area (Å²) in [4.78, 5) is 0. The van der Waals surface area contributed by atoms with Gasteiger partial charge in [-0.05, 0) is 18.1 Å². The van der Waals surface area contributed by atoms with Crippen LogP contribution in [-0.4, -0.2) is 32.2 Å². The summed E-state index contributed by atoms with van der Waals surface area (Å²) in [5, 5.41) is 10.6. The van der Waals surface area contributed by atoms with Crippen LogP contribution in [0.5, 0.6) is 23.0 Å². The Morgan fingerprint density at radius 1 is 1.10 bits per heavy atom. The maximum absolute atomic E-state index is 10.4. The molecule has 1 atom stereocenters. The fourth-order valence-corrected chi connectivity index (χ4v) is 3.69. The van der Waals surface area contributed by atoms with E-state index < -0.39 is 0 Å². The van der Waals surface area contributed by atoms with Crippen molar-refractivity contribution in [1.82, 2.24) is 0 Å². The van der Waals surface area contributed by atoms with Crippen molar-refractivity contribution in [3.8, 4) is 23.0 Å². The molecule has 0 bridgehead atoms. The summed E-state index contributed by atoms with van der Waals surface area (Å²) in [6.07, 6.45) is 0.956. The second kappa shape index (κ2) is 8.27. The topological polar surface area (TPSA) is 47.9 Å². The van der Waals surface area contributed by atoms with Crippen molar-refractivity contribution in [2.75, 3.05) is 27.1 Å². The first-order valence-corrected chi connectivity index (χ1v) is 8.18. The molecular weight excluding hydrogens is 288 g/mol. The van der Waals surface area contributed by atoms with E-state index in [1.165, 1.54) is 0 Å². The minimum Gasteiger partial charge on any atom is -0.507 e. The molecule has 1 N–H and O–H groups in total. The maximum atomic E-state index is 10.4. The number of phenols is 1. The van der Waals surface area contributed by atoms with Gasteiger partial charge in [-0.2, -0.15) is 11.8 Å². The van der Waals surface area contributed by atoms with Crippen molar-refractivity contribution >= 4 is 11.8 Å². The number of hydrogen-bond acceptors (Lipinski definition) is 5. The average Bonchev–Trinajstić information content (AvgIpc) is 2.44. The van der Waals surface area contributed by atoms with E-state index in [1.807, 2.05) is 0 Å². The Labute approximate surface area is 131 Å². The Balaban J connectivity index is 3.43. The minimum absolute atomic E-state index is 0.157. The van der Waals surface area contributed by atoms with E-state index in [2.05, 4.69) is 20.8 Å². The Morgan fingerprint density at radius 3 is 2.14 bits per heavy atom. The summed E-state index contributed by atoms with van der Waals surface area (Å²) in [7, 11) is 4.71. The third-order valence-electron chi connectivity index (χ3n) is 3.22. The standard InChI is InChI=1S/C16H26O4S/c1-7-21-13(8-10(2)3)14-11(17)9-12(18-4)15(19-5)16(14)20-6/h9-10,13,17H,7-8H2,1-6H3. The van der Waals surface area contributed by atoms with Crippen LogP contribution >= 0.6 is 11.8 Å². The highest BCUT2D eigenvalue weighted by Crippen LogP contribution is 2.51. The molecule has 0 heterocycles. The number of rotatable bonds is 8. The third kappa shape index (κ3) is 4.13. The van der Waals surface area contributed by atoms with Crippen LogP contribution in [0.1, 0.15) is 38.0 Å². The highest BCUT2D eigenvalue weighted by Gasteiger charge is 2.27. The predicted octanol–water partition coefficient (Wildman–Crippen LogP) is 4.26. The fraction of sp³-hybridized carbons (Fsp3) is 0.625. The molecule has 1 unspecified atom stereocenters. The fourth-order valence-electron chi connectivity index (χ4n) is 2.38. The first kappa shape index (κ1) is 17.8. The van der Waals surface area contributed by atoms with Gasteiger partial charge in [0, 0.05) is 11.3 Å². The lowest BCUT2D eigenvalue weighted by Gasteiger charge is -2.24. The monoisotopic (exact) mass is 314 g/mol. The maximum Gasteiger partial charge on any atom is 0.203 e. The molecule has 0 saturated heterocycles. The number of hydrogen-bond donors (Lipinski definition) is 1. The van der Waals surface area contributed by atoms with Gasteiger partial charge in [0.25, 0.3) is 0 Å². The van der Waals surface area contributed by atoms with Gasteiger partial charge in [-0.25, -0.2) is 0 Å². The van der Waals surface area contributed by atoms with E-state index in [0.29, 0.717) is 23.2 Å². The lowest BCUT2D eigenvalue weighted by atomic mass is 9.99. The highest BCUT2D eigenvalue weighted by atomic mass is 32.2. The molecule has 0 aliphatic heterocycles. The molecule has 0 aromatic heterocycles. The molecule has 21 heavy (non-hydrogen) atoms. The molecule has 1 aromatic carbocycles. The van der Waals surface area contributed by atoms with Gasteiger partial charge in [0.15, 0.2) is 11.5 Å². The molecule has 1 rings (SSSR count). The van der Waals surface area contributed by atoms with E-state index in [1.54, 1.807) is 39.2 Å². The molecule has 0 radical (unpaired) electrons. The minimum atomic E-state index is 0.157. The normalized spacial score (nSPS) is 12.3. The third-order valence-corrected chi connectivity index (χ3v) is 4.39. The van der Waals surface area contributed by atoms with Crippen molar-refractivity contribution in [3.63, 3.8) is 0 Å². The molecule has 1 aromatic rings. The first-order valence-electron chi connectivity index (χ1n) is 7.13. The smallest absolute Gasteiger partial charge is 0.203 e. The molecule has 0 saturated carbocycles.